The smallest absolute Gasteiger partial charge is 0.341 e. The Morgan fingerprint density at radius 3 is 2.62 bits per heavy atom. The number of hydrogen-bond donors (Lipinski definition) is 0. The molecule has 0 radical (unpaired) electrons. The van der Waals surface area contributed by atoms with Crippen LogP contribution in [0.2, 0.25) is 0 Å². The van der Waals surface area contributed by atoms with E-state index in [-0.39, 0.29) is 5.97 Å². The van der Waals surface area contributed by atoms with Gasteiger partial charge in [0.25, 0.3) is 0 Å². The highest BCUT2D eigenvalue weighted by atomic mass is 16.7. The van der Waals surface area contributed by atoms with Gasteiger partial charge in [-0.15, -0.1) is 0 Å². The molecule has 0 aromatic heterocycles. The highest BCUT2D eigenvalue weighted by Crippen LogP contribution is 2.63. The maximum Gasteiger partial charge on any atom is 0.341 e. The summed E-state index contributed by atoms with van der Waals surface area (Å²) in [4.78, 5) is 12.6. The molecule has 1 aromatic carbocycles. The van der Waals surface area contributed by atoms with Gasteiger partial charge in [0, 0.05) is 0 Å². The van der Waals surface area contributed by atoms with Crippen molar-refractivity contribution in [1.82, 2.24) is 0 Å². The van der Waals surface area contributed by atoms with Crippen LogP contribution in [0, 0.1) is 6.92 Å². The van der Waals surface area contributed by atoms with Crippen molar-refractivity contribution < 1.29 is 14.3 Å². The average Bonchev–Trinajstić information content (AvgIpc) is 3.17. The fourth-order valence-corrected chi connectivity index (χ4v) is 3.58. The Kier molecular flexibility index (Phi) is 3.78. The number of aryl methyl sites for hydroxylation is 1. The van der Waals surface area contributed by atoms with Gasteiger partial charge in [-0.05, 0) is 38.2 Å². The first-order valence-electron chi connectivity index (χ1n) is 8.09. The topological polar surface area (TPSA) is 38.8 Å². The van der Waals surface area contributed by atoms with E-state index >= 15 is 0 Å². The summed E-state index contributed by atoms with van der Waals surface area (Å²) in [5.74, 6) is -0.160. The van der Waals surface area contributed by atoms with E-state index in [9.17, 15) is 4.79 Å². The second-order valence-electron chi connectivity index (χ2n) is 6.32. The lowest BCUT2D eigenvalue weighted by molar-refractivity contribution is -0.150. The molecule has 0 spiro atoms. The molecular weight excluding hydrogens is 264 g/mol. The highest BCUT2D eigenvalue weighted by molar-refractivity contribution is 5.85. The first kappa shape index (κ1) is 14.6. The highest BCUT2D eigenvalue weighted by Gasteiger charge is 2.75. The number of esters is 1. The van der Waals surface area contributed by atoms with Crippen LogP contribution in [-0.4, -0.2) is 18.2 Å². The van der Waals surface area contributed by atoms with Crippen LogP contribution in [0.25, 0.3) is 0 Å². The summed E-state index contributed by atoms with van der Waals surface area (Å²) in [5, 5.41) is 0. The molecule has 0 N–H and O–H groups in total. The molecule has 114 valence electrons. The van der Waals surface area contributed by atoms with Gasteiger partial charge < -0.3 is 9.47 Å². The molecule has 0 amide bonds. The van der Waals surface area contributed by atoms with E-state index in [2.05, 4.69) is 31.2 Å². The molecule has 1 heterocycles. The standard InChI is InChI=1S/C18H24O3/c1-3-13-20-16(19)18-12-6-4-5-11-17(18,21-18)15-9-7-14(2)8-10-15/h7-10H,3-6,11-13H2,1-2H3. The molecule has 3 rings (SSSR count). The van der Waals surface area contributed by atoms with Crippen LogP contribution in [0.3, 0.4) is 0 Å². The van der Waals surface area contributed by atoms with Crippen molar-refractivity contribution in [3.05, 3.63) is 35.4 Å². The Labute approximate surface area is 126 Å². The van der Waals surface area contributed by atoms with Gasteiger partial charge in [0.2, 0.25) is 0 Å². The van der Waals surface area contributed by atoms with Gasteiger partial charge in [-0.1, -0.05) is 49.6 Å². The number of rotatable bonds is 4. The predicted molar refractivity (Wildman–Crippen MR) is 81.0 cm³/mol. The Balaban J connectivity index is 1.91. The molecule has 2 unspecified atom stereocenters. The summed E-state index contributed by atoms with van der Waals surface area (Å²) < 4.78 is 11.6. The molecule has 1 aliphatic heterocycles. The third kappa shape index (κ3) is 2.28. The van der Waals surface area contributed by atoms with Gasteiger partial charge in [0.1, 0.15) is 5.60 Å². The number of benzene rings is 1. The lowest BCUT2D eigenvalue weighted by Gasteiger charge is -2.17. The molecule has 1 aliphatic carbocycles. The van der Waals surface area contributed by atoms with Gasteiger partial charge >= 0.3 is 5.97 Å². The molecule has 21 heavy (non-hydrogen) atoms. The van der Waals surface area contributed by atoms with Crippen LogP contribution in [-0.2, 0) is 19.9 Å². The van der Waals surface area contributed by atoms with E-state index < -0.39 is 11.2 Å². The second kappa shape index (κ2) is 5.45. The van der Waals surface area contributed by atoms with Crippen molar-refractivity contribution in [3.63, 3.8) is 0 Å². The minimum absolute atomic E-state index is 0.160. The molecule has 1 saturated carbocycles. The maximum absolute atomic E-state index is 12.6. The Morgan fingerprint density at radius 2 is 1.90 bits per heavy atom. The van der Waals surface area contributed by atoms with E-state index in [0.29, 0.717) is 6.61 Å². The van der Waals surface area contributed by atoms with Gasteiger partial charge in [-0.2, -0.15) is 0 Å². The summed E-state index contributed by atoms with van der Waals surface area (Å²) in [6.45, 7) is 4.57. The van der Waals surface area contributed by atoms with Gasteiger partial charge in [0.05, 0.1) is 6.61 Å². The third-order valence-corrected chi connectivity index (χ3v) is 4.80. The Hall–Kier alpha value is -1.35. The zero-order valence-corrected chi connectivity index (χ0v) is 13.0. The van der Waals surface area contributed by atoms with E-state index in [0.717, 1.165) is 37.7 Å². The molecule has 1 aromatic rings. The largest absolute Gasteiger partial charge is 0.463 e. The quantitative estimate of drug-likeness (QED) is 0.623. The molecule has 3 heteroatoms. The third-order valence-electron chi connectivity index (χ3n) is 4.80. The van der Waals surface area contributed by atoms with E-state index in [1.165, 1.54) is 12.0 Å². The first-order chi connectivity index (χ1) is 10.1. The van der Waals surface area contributed by atoms with Crippen LogP contribution in [0.5, 0.6) is 0 Å². The second-order valence-corrected chi connectivity index (χ2v) is 6.32. The van der Waals surface area contributed by atoms with Crippen molar-refractivity contribution in [2.24, 2.45) is 0 Å². The molecular formula is C18H24O3. The van der Waals surface area contributed by atoms with Crippen LogP contribution >= 0.6 is 0 Å². The maximum atomic E-state index is 12.6. The molecule has 1 saturated heterocycles. The fraction of sp³-hybridized carbons (Fsp3) is 0.611. The summed E-state index contributed by atoms with van der Waals surface area (Å²) in [6, 6.07) is 8.41. The van der Waals surface area contributed by atoms with Gasteiger partial charge in [-0.3, -0.25) is 0 Å². The van der Waals surface area contributed by atoms with Crippen LogP contribution < -0.4 is 0 Å². The van der Waals surface area contributed by atoms with Gasteiger partial charge in [0.15, 0.2) is 5.60 Å². The van der Waals surface area contributed by atoms with Crippen molar-refractivity contribution in [2.75, 3.05) is 6.61 Å². The SMILES string of the molecule is CCCOC(=O)C12CCCCCC1(c1ccc(C)cc1)O2. The lowest BCUT2D eigenvalue weighted by Crippen LogP contribution is -2.34. The van der Waals surface area contributed by atoms with Crippen molar-refractivity contribution in [3.8, 4) is 0 Å². The van der Waals surface area contributed by atoms with Crippen LogP contribution in [0.15, 0.2) is 24.3 Å². The average molecular weight is 288 g/mol. The number of carbonyl (C=O) groups excluding carboxylic acids is 1. The van der Waals surface area contributed by atoms with Gasteiger partial charge in [-0.25, -0.2) is 4.79 Å². The van der Waals surface area contributed by atoms with E-state index in [4.69, 9.17) is 9.47 Å². The molecule has 2 atom stereocenters. The molecule has 0 bridgehead atoms. The minimum atomic E-state index is -0.728. The number of carbonyl (C=O) groups is 1. The van der Waals surface area contributed by atoms with Crippen molar-refractivity contribution in [2.45, 2.75) is 63.6 Å². The molecule has 3 nitrogen and oxygen atoms in total. The number of fused-ring (bicyclic) bond motifs is 1. The number of ether oxygens (including phenoxy) is 2. The zero-order chi connectivity index (χ0) is 14.9. The van der Waals surface area contributed by atoms with Crippen LogP contribution in [0.1, 0.15) is 56.6 Å². The van der Waals surface area contributed by atoms with Crippen molar-refractivity contribution in [1.29, 1.82) is 0 Å². The molecule has 2 aliphatic rings. The zero-order valence-electron chi connectivity index (χ0n) is 13.0. The normalized spacial score (nSPS) is 31.1. The lowest BCUT2D eigenvalue weighted by atomic mass is 9.82. The summed E-state index contributed by atoms with van der Waals surface area (Å²) in [7, 11) is 0. The Morgan fingerprint density at radius 1 is 1.19 bits per heavy atom. The predicted octanol–water partition coefficient (Wildman–Crippen LogP) is 3.88. The summed E-state index contributed by atoms with van der Waals surface area (Å²) in [6.07, 6.45) is 5.85. The summed E-state index contributed by atoms with van der Waals surface area (Å²) >= 11 is 0. The van der Waals surface area contributed by atoms with Crippen molar-refractivity contribution >= 4 is 5.97 Å². The number of epoxide rings is 1. The van der Waals surface area contributed by atoms with E-state index in [1.54, 1.807) is 0 Å². The monoisotopic (exact) mass is 288 g/mol. The minimum Gasteiger partial charge on any atom is -0.463 e. The fourth-order valence-electron chi connectivity index (χ4n) is 3.58. The first-order valence-corrected chi connectivity index (χ1v) is 8.09. The van der Waals surface area contributed by atoms with Crippen LogP contribution in [0.4, 0.5) is 0 Å². The molecule has 2 fully saturated rings. The summed E-state index contributed by atoms with van der Waals surface area (Å²) in [5.41, 5.74) is 1.18. The van der Waals surface area contributed by atoms with E-state index in [1.807, 2.05) is 6.92 Å². The Bertz CT molecular complexity index is 522. The number of hydrogen-bond acceptors (Lipinski definition) is 3.